The van der Waals surface area contributed by atoms with Crippen LogP contribution >= 0.6 is 0 Å². The Labute approximate surface area is 185 Å². The van der Waals surface area contributed by atoms with Crippen molar-refractivity contribution in [3.63, 3.8) is 0 Å². The van der Waals surface area contributed by atoms with Crippen LogP contribution in [-0.2, 0) is 14.4 Å². The first-order valence-electron chi connectivity index (χ1n) is 10.8. The van der Waals surface area contributed by atoms with Gasteiger partial charge < -0.3 is 24.8 Å². The lowest BCUT2D eigenvalue weighted by molar-refractivity contribution is -0.896. The molecule has 0 bridgehead atoms. The first-order valence-corrected chi connectivity index (χ1v) is 10.8. The number of nitrogens with zero attached hydrogens (tertiary/aromatic N) is 2. The molecule has 0 radical (unpaired) electrons. The van der Waals surface area contributed by atoms with E-state index in [0.717, 1.165) is 29.1 Å². The number of ether oxygens (including phenoxy) is 1. The molecule has 1 saturated heterocycles. The van der Waals surface area contributed by atoms with Gasteiger partial charge in [-0.05, 0) is 57.9 Å². The van der Waals surface area contributed by atoms with Crippen LogP contribution in [0.4, 0.5) is 0 Å². The summed E-state index contributed by atoms with van der Waals surface area (Å²) < 4.78 is 5.58. The molecule has 2 rings (SSSR count). The normalized spacial score (nSPS) is 14.8. The van der Waals surface area contributed by atoms with Gasteiger partial charge in [-0.2, -0.15) is 0 Å². The molecule has 8 nitrogen and oxygen atoms in total. The molecule has 0 saturated carbocycles. The van der Waals surface area contributed by atoms with Gasteiger partial charge in [-0.25, -0.2) is 0 Å². The van der Waals surface area contributed by atoms with Crippen LogP contribution < -0.4 is 15.0 Å². The van der Waals surface area contributed by atoms with Crippen molar-refractivity contribution in [3.8, 4) is 5.75 Å². The van der Waals surface area contributed by atoms with Crippen LogP contribution in [0, 0.1) is 13.8 Å². The number of hydrogen-bond donors (Lipinski definition) is 2. The second-order valence-electron chi connectivity index (χ2n) is 9.39. The van der Waals surface area contributed by atoms with E-state index in [0.29, 0.717) is 25.4 Å². The van der Waals surface area contributed by atoms with E-state index in [4.69, 9.17) is 4.74 Å². The Morgan fingerprint density at radius 3 is 2.35 bits per heavy atom. The lowest BCUT2D eigenvalue weighted by Crippen LogP contribution is -3.16. The lowest BCUT2D eigenvalue weighted by atomic mass is 10.1. The van der Waals surface area contributed by atoms with Gasteiger partial charge in [-0.15, -0.1) is 0 Å². The van der Waals surface area contributed by atoms with Gasteiger partial charge in [0.05, 0.1) is 32.7 Å². The summed E-state index contributed by atoms with van der Waals surface area (Å²) in [6, 6.07) is 5.69. The zero-order chi connectivity index (χ0) is 23.2. The second kappa shape index (κ2) is 10.6. The highest BCUT2D eigenvalue weighted by atomic mass is 16.5. The molecule has 1 aromatic carbocycles. The third-order valence-corrected chi connectivity index (χ3v) is 5.39. The molecule has 0 spiro atoms. The summed E-state index contributed by atoms with van der Waals surface area (Å²) in [5.41, 5.74) is 2.02. The number of hydrogen-bond acceptors (Lipinski definition) is 4. The second-order valence-corrected chi connectivity index (χ2v) is 9.39. The van der Waals surface area contributed by atoms with E-state index in [1.807, 2.05) is 52.8 Å². The van der Waals surface area contributed by atoms with Crippen molar-refractivity contribution in [1.82, 2.24) is 15.1 Å². The van der Waals surface area contributed by atoms with Gasteiger partial charge >= 0.3 is 0 Å². The third kappa shape index (κ3) is 8.20. The number of piperazine rings is 1. The zero-order valence-electron chi connectivity index (χ0n) is 19.7. The number of aryl methyl sites for hydroxylation is 2. The average Bonchev–Trinajstić information content (AvgIpc) is 2.67. The van der Waals surface area contributed by atoms with E-state index in [-0.39, 0.29) is 36.4 Å². The molecule has 1 fully saturated rings. The van der Waals surface area contributed by atoms with Crippen molar-refractivity contribution in [2.24, 2.45) is 0 Å². The zero-order valence-corrected chi connectivity index (χ0v) is 19.7. The maximum Gasteiger partial charge on any atom is 0.275 e. The van der Waals surface area contributed by atoms with Gasteiger partial charge in [0.25, 0.3) is 11.8 Å². The topological polar surface area (TPSA) is 83.4 Å². The molecule has 3 amide bonds. The van der Waals surface area contributed by atoms with Crippen molar-refractivity contribution < 1.29 is 24.0 Å². The van der Waals surface area contributed by atoms with Gasteiger partial charge in [-0.1, -0.05) is 6.07 Å². The minimum atomic E-state index is -0.243. The standard InChI is InChI=1S/C23H36N4O4/c1-17-7-8-19(13-18(17)2)31-16-22(30)25(6)15-21(29)27-11-9-26(10-12-27)14-20(28)24-23(3,4)5/h7-8,13H,9-12,14-16H2,1-6H3,(H,24,28)/p+1. The van der Waals surface area contributed by atoms with E-state index >= 15 is 0 Å². The third-order valence-electron chi connectivity index (χ3n) is 5.39. The summed E-state index contributed by atoms with van der Waals surface area (Å²) in [4.78, 5) is 41.4. The van der Waals surface area contributed by atoms with Gasteiger partial charge in [0, 0.05) is 12.6 Å². The van der Waals surface area contributed by atoms with E-state index in [1.54, 1.807) is 11.9 Å². The first kappa shape index (κ1) is 24.7. The molecule has 0 aromatic heterocycles. The van der Waals surface area contributed by atoms with Crippen LogP contribution in [0.15, 0.2) is 18.2 Å². The number of nitrogens with one attached hydrogen (secondary N) is 2. The average molecular weight is 434 g/mol. The largest absolute Gasteiger partial charge is 0.484 e. The molecule has 0 unspecified atom stereocenters. The maximum atomic E-state index is 12.6. The van der Waals surface area contributed by atoms with Gasteiger partial charge in [0.1, 0.15) is 5.75 Å². The Morgan fingerprint density at radius 1 is 1.13 bits per heavy atom. The molecule has 31 heavy (non-hydrogen) atoms. The van der Waals surface area contributed by atoms with Crippen molar-refractivity contribution in [1.29, 1.82) is 0 Å². The summed E-state index contributed by atoms with van der Waals surface area (Å²) in [6.45, 7) is 12.8. The molecule has 1 aliphatic rings. The van der Waals surface area contributed by atoms with Crippen LogP contribution in [0.2, 0.25) is 0 Å². The van der Waals surface area contributed by atoms with Crippen LogP contribution in [0.25, 0.3) is 0 Å². The predicted molar refractivity (Wildman–Crippen MR) is 119 cm³/mol. The maximum absolute atomic E-state index is 12.6. The van der Waals surface area contributed by atoms with Gasteiger partial charge in [-0.3, -0.25) is 14.4 Å². The Morgan fingerprint density at radius 2 is 1.77 bits per heavy atom. The van der Waals surface area contributed by atoms with E-state index in [2.05, 4.69) is 5.32 Å². The van der Waals surface area contributed by atoms with Gasteiger partial charge in [0.2, 0.25) is 5.91 Å². The van der Waals surface area contributed by atoms with E-state index in [9.17, 15) is 14.4 Å². The number of quaternary nitrogens is 1. The Kier molecular flexibility index (Phi) is 8.44. The van der Waals surface area contributed by atoms with Crippen molar-refractivity contribution in [2.45, 2.75) is 40.2 Å². The van der Waals surface area contributed by atoms with Gasteiger partial charge in [0.15, 0.2) is 13.2 Å². The molecule has 0 atom stereocenters. The molecule has 172 valence electrons. The summed E-state index contributed by atoms with van der Waals surface area (Å²) >= 11 is 0. The lowest BCUT2D eigenvalue weighted by Gasteiger charge is -2.33. The van der Waals surface area contributed by atoms with E-state index in [1.165, 1.54) is 4.90 Å². The molecular formula is C23H37N4O4+. The number of likely N-dealkylation sites (N-methyl/N-ethyl adjacent to an activating group) is 1. The fraction of sp³-hybridized carbons (Fsp3) is 0.609. The number of rotatable bonds is 7. The fourth-order valence-electron chi connectivity index (χ4n) is 3.39. The SMILES string of the molecule is Cc1ccc(OCC(=O)N(C)CC(=O)N2CC[NH+](CC(=O)NC(C)(C)C)CC2)cc1C. The number of carbonyl (C=O) groups excluding carboxylic acids is 3. The van der Waals surface area contributed by atoms with Crippen LogP contribution in [0.3, 0.4) is 0 Å². The van der Waals surface area contributed by atoms with Crippen molar-refractivity contribution in [2.75, 3.05) is 52.9 Å². The quantitative estimate of drug-likeness (QED) is 0.623. The summed E-state index contributed by atoms with van der Waals surface area (Å²) in [7, 11) is 1.61. The minimum absolute atomic E-state index is 0.0228. The highest BCUT2D eigenvalue weighted by Gasteiger charge is 2.27. The highest BCUT2D eigenvalue weighted by molar-refractivity contribution is 5.85. The monoisotopic (exact) mass is 433 g/mol. The molecule has 2 N–H and O–H groups in total. The fourth-order valence-corrected chi connectivity index (χ4v) is 3.39. The Hall–Kier alpha value is -2.61. The molecule has 1 heterocycles. The highest BCUT2D eigenvalue weighted by Crippen LogP contribution is 2.16. The minimum Gasteiger partial charge on any atom is -0.484 e. The Balaban J connectivity index is 1.73. The summed E-state index contributed by atoms with van der Waals surface area (Å²) in [6.07, 6.45) is 0. The predicted octanol–water partition coefficient (Wildman–Crippen LogP) is -0.218. The van der Waals surface area contributed by atoms with Crippen LogP contribution in [-0.4, -0.2) is 86.0 Å². The van der Waals surface area contributed by atoms with Crippen LogP contribution in [0.1, 0.15) is 31.9 Å². The molecule has 8 heteroatoms. The summed E-state index contributed by atoms with van der Waals surface area (Å²) in [5, 5.41) is 2.97. The molecule has 0 aliphatic carbocycles. The Bertz CT molecular complexity index is 795. The number of carbonyl (C=O) groups is 3. The number of benzene rings is 1. The van der Waals surface area contributed by atoms with E-state index < -0.39 is 0 Å². The smallest absolute Gasteiger partial charge is 0.275 e. The first-order chi connectivity index (χ1) is 14.4. The summed E-state index contributed by atoms with van der Waals surface area (Å²) in [5.74, 6) is 0.345. The molecule has 1 aliphatic heterocycles. The van der Waals surface area contributed by atoms with Crippen molar-refractivity contribution >= 4 is 17.7 Å². The molecular weight excluding hydrogens is 396 g/mol. The van der Waals surface area contributed by atoms with Crippen LogP contribution in [0.5, 0.6) is 5.75 Å². The van der Waals surface area contributed by atoms with Crippen molar-refractivity contribution in [3.05, 3.63) is 29.3 Å². The molecule has 1 aromatic rings. The number of amides is 3.